The Morgan fingerprint density at radius 3 is 2.52 bits per heavy atom. The topological polar surface area (TPSA) is 54.2 Å². The van der Waals surface area contributed by atoms with Gasteiger partial charge in [0.2, 0.25) is 0 Å². The molecule has 1 aromatic heterocycles. The smallest absolute Gasteiger partial charge is 0.191 e. The van der Waals surface area contributed by atoms with Gasteiger partial charge in [-0.2, -0.15) is 16.9 Å². The summed E-state index contributed by atoms with van der Waals surface area (Å²) in [5, 5.41) is 11.4. The lowest BCUT2D eigenvalue weighted by atomic mass is 10.1. The van der Waals surface area contributed by atoms with E-state index in [4.69, 9.17) is 0 Å². The summed E-state index contributed by atoms with van der Waals surface area (Å²) in [5.74, 6) is 2.95. The highest BCUT2D eigenvalue weighted by Gasteiger charge is 2.13. The molecular formula is C21H33N5S. The SMILES string of the molecule is CN=C(NCCSCc1ccc(C)cc1)NC(C)Cc1c(C)nn(C)c1C. The number of aryl methyl sites for hydroxylation is 3. The first-order valence-electron chi connectivity index (χ1n) is 9.50. The van der Waals surface area contributed by atoms with E-state index in [-0.39, 0.29) is 6.04 Å². The zero-order valence-corrected chi connectivity index (χ0v) is 18.3. The molecule has 1 unspecified atom stereocenters. The van der Waals surface area contributed by atoms with Crippen molar-refractivity contribution in [1.29, 1.82) is 0 Å². The molecule has 1 heterocycles. The van der Waals surface area contributed by atoms with E-state index in [0.717, 1.165) is 36.1 Å². The van der Waals surface area contributed by atoms with Crippen LogP contribution >= 0.6 is 11.8 Å². The van der Waals surface area contributed by atoms with Crippen LogP contribution in [-0.2, 0) is 19.2 Å². The van der Waals surface area contributed by atoms with Gasteiger partial charge < -0.3 is 10.6 Å². The molecule has 0 bridgehead atoms. The lowest BCUT2D eigenvalue weighted by molar-refractivity contribution is 0.638. The standard InChI is InChI=1S/C21H33N5S/c1-15-7-9-19(10-8-15)14-27-12-11-23-21(22-5)24-16(2)13-20-17(3)25-26(6)18(20)4/h7-10,16H,11-14H2,1-6H3,(H2,22,23,24). The Morgan fingerprint density at radius 2 is 1.93 bits per heavy atom. The maximum absolute atomic E-state index is 4.50. The highest BCUT2D eigenvalue weighted by Crippen LogP contribution is 2.14. The quantitative estimate of drug-likeness (QED) is 0.414. The largest absolute Gasteiger partial charge is 0.356 e. The Labute approximate surface area is 168 Å². The zero-order valence-electron chi connectivity index (χ0n) is 17.5. The van der Waals surface area contributed by atoms with E-state index in [1.807, 2.05) is 30.5 Å². The van der Waals surface area contributed by atoms with Crippen LogP contribution in [0.5, 0.6) is 0 Å². The van der Waals surface area contributed by atoms with Crippen molar-refractivity contribution in [3.63, 3.8) is 0 Å². The van der Waals surface area contributed by atoms with Gasteiger partial charge in [0, 0.05) is 43.9 Å². The molecule has 2 N–H and O–H groups in total. The van der Waals surface area contributed by atoms with Crippen LogP contribution in [0.3, 0.4) is 0 Å². The molecule has 27 heavy (non-hydrogen) atoms. The van der Waals surface area contributed by atoms with E-state index >= 15 is 0 Å². The summed E-state index contributed by atoms with van der Waals surface area (Å²) in [5.41, 5.74) is 6.35. The number of hydrogen-bond donors (Lipinski definition) is 2. The normalized spacial score (nSPS) is 12.9. The van der Waals surface area contributed by atoms with Crippen LogP contribution in [0.1, 0.15) is 35.0 Å². The van der Waals surface area contributed by atoms with Crippen LogP contribution in [0.4, 0.5) is 0 Å². The first-order chi connectivity index (χ1) is 12.9. The third-order valence-electron chi connectivity index (χ3n) is 4.70. The van der Waals surface area contributed by atoms with Crippen molar-refractivity contribution in [2.24, 2.45) is 12.0 Å². The van der Waals surface area contributed by atoms with Crippen LogP contribution in [0.25, 0.3) is 0 Å². The maximum Gasteiger partial charge on any atom is 0.191 e. The van der Waals surface area contributed by atoms with Crippen LogP contribution < -0.4 is 10.6 Å². The molecule has 0 spiro atoms. The minimum Gasteiger partial charge on any atom is -0.356 e. The molecule has 0 fully saturated rings. The van der Waals surface area contributed by atoms with Gasteiger partial charge in [-0.25, -0.2) is 0 Å². The molecule has 1 atom stereocenters. The average Bonchev–Trinajstić information content (AvgIpc) is 2.88. The molecule has 0 aliphatic carbocycles. The molecule has 6 heteroatoms. The summed E-state index contributed by atoms with van der Waals surface area (Å²) in [4.78, 5) is 4.35. The van der Waals surface area contributed by atoms with Gasteiger partial charge in [-0.15, -0.1) is 0 Å². The summed E-state index contributed by atoms with van der Waals surface area (Å²) in [6, 6.07) is 9.05. The minimum atomic E-state index is 0.290. The van der Waals surface area contributed by atoms with E-state index in [2.05, 4.69) is 72.7 Å². The Bertz CT molecular complexity index is 749. The molecule has 1 aromatic carbocycles. The fourth-order valence-electron chi connectivity index (χ4n) is 3.01. The number of hydrogen-bond acceptors (Lipinski definition) is 3. The van der Waals surface area contributed by atoms with Crippen molar-refractivity contribution in [1.82, 2.24) is 20.4 Å². The van der Waals surface area contributed by atoms with E-state index in [1.54, 1.807) is 0 Å². The Kier molecular flexibility index (Phi) is 8.23. The van der Waals surface area contributed by atoms with E-state index < -0.39 is 0 Å². The molecule has 2 aromatic rings. The molecule has 0 saturated heterocycles. The first kappa shape index (κ1) is 21.4. The predicted octanol–water partition coefficient (Wildman–Crippen LogP) is 3.37. The van der Waals surface area contributed by atoms with Gasteiger partial charge in [-0.3, -0.25) is 9.67 Å². The number of aliphatic imine (C=N–C) groups is 1. The van der Waals surface area contributed by atoms with Crippen molar-refractivity contribution < 1.29 is 0 Å². The summed E-state index contributed by atoms with van der Waals surface area (Å²) in [6.07, 6.45) is 0.939. The average molecular weight is 388 g/mol. The van der Waals surface area contributed by atoms with Crippen molar-refractivity contribution in [3.8, 4) is 0 Å². The van der Waals surface area contributed by atoms with Gasteiger partial charge >= 0.3 is 0 Å². The summed E-state index contributed by atoms with van der Waals surface area (Å²) < 4.78 is 1.95. The molecule has 0 aliphatic heterocycles. The number of nitrogens with zero attached hydrogens (tertiary/aromatic N) is 3. The van der Waals surface area contributed by atoms with Crippen molar-refractivity contribution in [2.45, 2.75) is 45.9 Å². The number of rotatable bonds is 8. The van der Waals surface area contributed by atoms with Crippen molar-refractivity contribution >= 4 is 17.7 Å². The first-order valence-corrected chi connectivity index (χ1v) is 10.7. The summed E-state index contributed by atoms with van der Waals surface area (Å²) in [7, 11) is 3.82. The van der Waals surface area contributed by atoms with Crippen LogP contribution in [0.15, 0.2) is 29.3 Å². The second-order valence-corrected chi connectivity index (χ2v) is 8.16. The number of benzene rings is 1. The predicted molar refractivity (Wildman–Crippen MR) is 118 cm³/mol. The summed E-state index contributed by atoms with van der Waals surface area (Å²) in [6.45, 7) is 9.41. The number of aromatic nitrogens is 2. The molecule has 2 rings (SSSR count). The third-order valence-corrected chi connectivity index (χ3v) is 5.73. The van der Waals surface area contributed by atoms with Crippen LogP contribution in [0.2, 0.25) is 0 Å². The lowest BCUT2D eigenvalue weighted by Gasteiger charge is -2.18. The van der Waals surface area contributed by atoms with Gasteiger partial charge in [-0.1, -0.05) is 29.8 Å². The lowest BCUT2D eigenvalue weighted by Crippen LogP contribution is -2.43. The second-order valence-electron chi connectivity index (χ2n) is 7.06. The number of nitrogens with one attached hydrogen (secondary N) is 2. The zero-order chi connectivity index (χ0) is 19.8. The summed E-state index contributed by atoms with van der Waals surface area (Å²) >= 11 is 1.94. The van der Waals surface area contributed by atoms with Crippen LogP contribution in [-0.4, -0.2) is 41.1 Å². The molecular weight excluding hydrogens is 354 g/mol. The van der Waals surface area contributed by atoms with Gasteiger partial charge in [0.05, 0.1) is 5.69 Å². The Balaban J connectivity index is 1.71. The number of guanidine groups is 1. The molecule has 0 radical (unpaired) electrons. The Morgan fingerprint density at radius 1 is 1.22 bits per heavy atom. The van der Waals surface area contributed by atoms with Crippen molar-refractivity contribution in [3.05, 3.63) is 52.3 Å². The highest BCUT2D eigenvalue weighted by atomic mass is 32.2. The second kappa shape index (κ2) is 10.4. The van der Waals surface area contributed by atoms with Gasteiger partial charge in [0.25, 0.3) is 0 Å². The van der Waals surface area contributed by atoms with Gasteiger partial charge in [0.1, 0.15) is 0 Å². The fraction of sp³-hybridized carbons (Fsp3) is 0.524. The van der Waals surface area contributed by atoms with E-state index in [1.165, 1.54) is 22.4 Å². The Hall–Kier alpha value is -1.95. The van der Waals surface area contributed by atoms with E-state index in [0.29, 0.717) is 0 Å². The molecule has 5 nitrogen and oxygen atoms in total. The molecule has 0 aliphatic rings. The molecule has 0 amide bonds. The molecule has 0 saturated carbocycles. The maximum atomic E-state index is 4.50. The highest BCUT2D eigenvalue weighted by molar-refractivity contribution is 7.98. The van der Waals surface area contributed by atoms with Gasteiger partial charge in [0.15, 0.2) is 5.96 Å². The number of thioether (sulfide) groups is 1. The van der Waals surface area contributed by atoms with Crippen molar-refractivity contribution in [2.75, 3.05) is 19.3 Å². The van der Waals surface area contributed by atoms with E-state index in [9.17, 15) is 0 Å². The monoisotopic (exact) mass is 387 g/mol. The van der Waals surface area contributed by atoms with Gasteiger partial charge in [-0.05, 0) is 45.2 Å². The fourth-order valence-corrected chi connectivity index (χ4v) is 3.83. The van der Waals surface area contributed by atoms with Crippen LogP contribution in [0, 0.1) is 20.8 Å². The molecule has 148 valence electrons. The third kappa shape index (κ3) is 6.61. The minimum absolute atomic E-state index is 0.290.